The molecule has 0 aliphatic heterocycles. The first-order chi connectivity index (χ1) is 11.4. The van der Waals surface area contributed by atoms with Crippen molar-refractivity contribution in [1.82, 2.24) is 0 Å². The van der Waals surface area contributed by atoms with E-state index in [2.05, 4.69) is 17.4 Å². The molecule has 0 spiro atoms. The predicted molar refractivity (Wildman–Crippen MR) is 90.7 cm³/mol. The van der Waals surface area contributed by atoms with Crippen LogP contribution in [-0.4, -0.2) is 31.4 Å². The Morgan fingerprint density at radius 2 is 1.48 bits per heavy atom. The number of nitrogens with two attached hydrogens (primary N) is 1. The molecule has 4 nitrogen and oxygen atoms in total. The Labute approximate surface area is 138 Å². The van der Waals surface area contributed by atoms with Gasteiger partial charge in [-0.15, -0.1) is 0 Å². The second kappa shape index (κ2) is 10.6. The van der Waals surface area contributed by atoms with Crippen LogP contribution in [0.2, 0.25) is 0 Å². The van der Waals surface area contributed by atoms with E-state index >= 15 is 0 Å². The molecule has 0 bridgehead atoms. The Hall–Kier alpha value is -2.04. The van der Waals surface area contributed by atoms with E-state index in [1.54, 1.807) is 0 Å². The first-order valence-electron chi connectivity index (χ1n) is 8.20. The molecule has 23 heavy (non-hydrogen) atoms. The first kappa shape index (κ1) is 17.3. The summed E-state index contributed by atoms with van der Waals surface area (Å²) in [7, 11) is 0. The summed E-state index contributed by atoms with van der Waals surface area (Å²) in [5, 5.41) is 10.8. The molecule has 0 saturated carbocycles. The number of rotatable bonds is 11. The number of benzene rings is 2. The topological polar surface area (TPSA) is 55.3 Å². The smallest absolute Gasteiger partial charge is 0.120 e. The van der Waals surface area contributed by atoms with E-state index in [1.807, 2.05) is 42.5 Å². The summed E-state index contributed by atoms with van der Waals surface area (Å²) in [6.45, 7) is 3.36. The highest BCUT2D eigenvalue weighted by molar-refractivity contribution is 5.31. The third-order valence-electron chi connectivity index (χ3n) is 3.48. The average Bonchev–Trinajstić information content (AvgIpc) is 2.61. The van der Waals surface area contributed by atoms with Crippen LogP contribution in [0, 0.1) is 0 Å². The number of ether oxygens (including phenoxy) is 2. The van der Waals surface area contributed by atoms with E-state index in [4.69, 9.17) is 14.6 Å². The van der Waals surface area contributed by atoms with Gasteiger partial charge in [-0.1, -0.05) is 30.3 Å². The minimum Gasteiger partial charge on any atom is -0.494 e. The van der Waals surface area contributed by atoms with Gasteiger partial charge in [0.2, 0.25) is 0 Å². The highest BCUT2D eigenvalue weighted by Crippen LogP contribution is 2.18. The van der Waals surface area contributed by atoms with Gasteiger partial charge in [-0.05, 0) is 42.7 Å². The number of quaternary nitrogens is 1. The summed E-state index contributed by atoms with van der Waals surface area (Å²) >= 11 is 0. The molecule has 2 aromatic carbocycles. The second-order valence-corrected chi connectivity index (χ2v) is 5.39. The van der Waals surface area contributed by atoms with Gasteiger partial charge >= 0.3 is 0 Å². The highest BCUT2D eigenvalue weighted by Gasteiger charge is 1.98. The van der Waals surface area contributed by atoms with Crippen molar-refractivity contribution in [1.29, 1.82) is 0 Å². The Morgan fingerprint density at radius 3 is 2.17 bits per heavy atom. The van der Waals surface area contributed by atoms with Gasteiger partial charge in [-0.3, -0.25) is 0 Å². The van der Waals surface area contributed by atoms with Crippen LogP contribution in [0.15, 0.2) is 54.6 Å². The lowest BCUT2D eigenvalue weighted by Gasteiger charge is -2.09. The van der Waals surface area contributed by atoms with Gasteiger partial charge in [0.15, 0.2) is 0 Å². The fraction of sp³-hybridized carbons (Fsp3) is 0.368. The number of hydrogen-bond donors (Lipinski definition) is 2. The summed E-state index contributed by atoms with van der Waals surface area (Å²) in [4.78, 5) is 0. The molecule has 0 heterocycles. The minimum absolute atomic E-state index is 0.245. The Morgan fingerprint density at radius 1 is 0.783 bits per heavy atom. The maximum Gasteiger partial charge on any atom is 0.120 e. The van der Waals surface area contributed by atoms with Crippen molar-refractivity contribution in [3.05, 3.63) is 60.2 Å². The fourth-order valence-electron chi connectivity index (χ4n) is 2.19. The number of hydrogen-bond acceptors (Lipinski definition) is 3. The normalized spacial score (nSPS) is 10.5. The molecule has 0 aliphatic rings. The zero-order valence-corrected chi connectivity index (χ0v) is 13.5. The van der Waals surface area contributed by atoms with Crippen molar-refractivity contribution < 1.29 is 19.9 Å². The predicted octanol–water partition coefficient (Wildman–Crippen LogP) is 1.98. The van der Waals surface area contributed by atoms with Crippen molar-refractivity contribution in [2.24, 2.45) is 0 Å². The number of aliphatic hydroxyl groups excluding tert-OH is 1. The molecule has 0 atom stereocenters. The van der Waals surface area contributed by atoms with Gasteiger partial charge in [0.25, 0.3) is 0 Å². The maximum atomic E-state index is 8.68. The van der Waals surface area contributed by atoms with Gasteiger partial charge in [0.1, 0.15) is 18.1 Å². The van der Waals surface area contributed by atoms with E-state index in [1.165, 1.54) is 0 Å². The van der Waals surface area contributed by atoms with Gasteiger partial charge in [-0.25, -0.2) is 0 Å². The van der Waals surface area contributed by atoms with Crippen LogP contribution >= 0.6 is 0 Å². The van der Waals surface area contributed by atoms with Crippen LogP contribution in [0.4, 0.5) is 0 Å². The van der Waals surface area contributed by atoms with Gasteiger partial charge < -0.3 is 19.9 Å². The van der Waals surface area contributed by atoms with Crippen molar-refractivity contribution in [3.8, 4) is 11.5 Å². The molecule has 0 aliphatic carbocycles. The van der Waals surface area contributed by atoms with Crippen molar-refractivity contribution in [2.75, 3.05) is 26.3 Å². The quantitative estimate of drug-likeness (QED) is 0.623. The van der Waals surface area contributed by atoms with Crippen LogP contribution in [0.25, 0.3) is 0 Å². The molecule has 2 rings (SSSR count). The third-order valence-corrected chi connectivity index (χ3v) is 3.48. The zero-order chi connectivity index (χ0) is 16.2. The standard InChI is InChI=1S/C19H25NO3/c21-14-13-20-12-4-5-15-22-18-8-10-19(11-9-18)23-16-17-6-2-1-3-7-17/h1-3,6-11,20-21H,4-5,12-16H2/p+1. The summed E-state index contributed by atoms with van der Waals surface area (Å²) in [5.41, 5.74) is 1.16. The van der Waals surface area contributed by atoms with Crippen LogP contribution in [0.3, 0.4) is 0 Å². The van der Waals surface area contributed by atoms with Crippen LogP contribution in [-0.2, 0) is 6.61 Å². The molecule has 3 N–H and O–H groups in total. The van der Waals surface area contributed by atoms with Gasteiger partial charge in [0.05, 0.1) is 26.3 Å². The van der Waals surface area contributed by atoms with E-state index in [0.717, 1.165) is 49.6 Å². The van der Waals surface area contributed by atoms with Crippen molar-refractivity contribution >= 4 is 0 Å². The molecule has 4 heteroatoms. The first-order valence-corrected chi connectivity index (χ1v) is 8.20. The Balaban J connectivity index is 1.62. The maximum absolute atomic E-state index is 8.68. The van der Waals surface area contributed by atoms with Crippen molar-refractivity contribution in [2.45, 2.75) is 19.4 Å². The van der Waals surface area contributed by atoms with E-state index < -0.39 is 0 Å². The van der Waals surface area contributed by atoms with Crippen molar-refractivity contribution in [3.63, 3.8) is 0 Å². The molecule has 0 aromatic heterocycles. The lowest BCUT2D eigenvalue weighted by molar-refractivity contribution is -0.656. The van der Waals surface area contributed by atoms with E-state index in [9.17, 15) is 0 Å². The summed E-state index contributed by atoms with van der Waals surface area (Å²) in [5.74, 6) is 1.72. The van der Waals surface area contributed by atoms with E-state index in [0.29, 0.717) is 6.61 Å². The molecule has 2 aromatic rings. The molecular formula is C19H26NO3+. The second-order valence-electron chi connectivity index (χ2n) is 5.39. The average molecular weight is 316 g/mol. The third kappa shape index (κ3) is 7.17. The SMILES string of the molecule is OCC[NH2+]CCCCOc1ccc(OCc2ccccc2)cc1. The Bertz CT molecular complexity index is 528. The van der Waals surface area contributed by atoms with E-state index in [-0.39, 0.29) is 6.61 Å². The van der Waals surface area contributed by atoms with Crippen LogP contribution in [0.5, 0.6) is 11.5 Å². The molecule has 0 radical (unpaired) electrons. The van der Waals surface area contributed by atoms with Gasteiger partial charge in [-0.2, -0.15) is 0 Å². The highest BCUT2D eigenvalue weighted by atomic mass is 16.5. The molecule has 0 amide bonds. The summed E-state index contributed by atoms with van der Waals surface area (Å²) in [6.07, 6.45) is 2.12. The molecule has 0 fully saturated rings. The summed E-state index contributed by atoms with van der Waals surface area (Å²) < 4.78 is 11.5. The number of unbranched alkanes of at least 4 members (excludes halogenated alkanes) is 1. The summed E-state index contributed by atoms with van der Waals surface area (Å²) in [6, 6.07) is 17.9. The number of aliphatic hydroxyl groups is 1. The molecule has 0 saturated heterocycles. The Kier molecular flexibility index (Phi) is 8.02. The lowest BCUT2D eigenvalue weighted by atomic mass is 10.2. The van der Waals surface area contributed by atoms with Crippen LogP contribution < -0.4 is 14.8 Å². The van der Waals surface area contributed by atoms with Gasteiger partial charge in [0, 0.05) is 0 Å². The molecule has 124 valence electrons. The molecular weight excluding hydrogens is 290 g/mol. The van der Waals surface area contributed by atoms with Crippen LogP contribution in [0.1, 0.15) is 18.4 Å². The fourth-order valence-corrected chi connectivity index (χ4v) is 2.19. The lowest BCUT2D eigenvalue weighted by Crippen LogP contribution is -2.85. The minimum atomic E-state index is 0.245. The molecule has 0 unspecified atom stereocenters. The zero-order valence-electron chi connectivity index (χ0n) is 13.5. The monoisotopic (exact) mass is 316 g/mol. The largest absolute Gasteiger partial charge is 0.494 e.